The molecule has 0 aromatic heterocycles. The number of carbonyl (C=O) groups is 4. The van der Waals surface area contributed by atoms with Gasteiger partial charge in [-0.25, -0.2) is 18.9 Å². The molecular formula is C28H30F4N4O5. The number of carbonyl (C=O) groups excluding carboxylic acids is 4. The van der Waals surface area contributed by atoms with E-state index >= 15 is 0 Å². The Balaban J connectivity index is 1.54. The monoisotopic (exact) mass is 578 g/mol. The number of aryl methyl sites for hydroxylation is 1. The number of amides is 5. The Morgan fingerprint density at radius 2 is 1.76 bits per heavy atom. The number of alkyl halides is 3. The van der Waals surface area contributed by atoms with Gasteiger partial charge in [-0.05, 0) is 62.6 Å². The standard InChI is InChI=1S/C28H30F4N4O5/c1-4-34(5-2)25(39)33-21-10-11-22-19(14-21)12-13-27(22)24(38)36(26(40)41-27)16-23(37)35(17(3)28(30,31)32)15-18-6-8-20(29)9-7-18/h6-11,14,17H,4-5,12-13,15-16H2,1-3H3,(H,33,39)/t17?,27-/m1/s1. The van der Waals surface area contributed by atoms with Crippen molar-refractivity contribution in [2.75, 3.05) is 25.0 Å². The smallest absolute Gasteiger partial charge is 0.418 e. The van der Waals surface area contributed by atoms with Gasteiger partial charge in [0.15, 0.2) is 0 Å². The lowest BCUT2D eigenvalue weighted by Crippen LogP contribution is -2.51. The van der Waals surface area contributed by atoms with Gasteiger partial charge in [-0.1, -0.05) is 18.2 Å². The first-order valence-electron chi connectivity index (χ1n) is 13.2. The summed E-state index contributed by atoms with van der Waals surface area (Å²) < 4.78 is 59.7. The van der Waals surface area contributed by atoms with E-state index in [-0.39, 0.29) is 18.0 Å². The molecule has 1 spiro atoms. The summed E-state index contributed by atoms with van der Waals surface area (Å²) >= 11 is 0. The number of nitrogens with zero attached hydrogens (tertiary/aromatic N) is 3. The van der Waals surface area contributed by atoms with E-state index in [0.717, 1.165) is 19.1 Å². The van der Waals surface area contributed by atoms with Gasteiger partial charge in [0.05, 0.1) is 0 Å². The molecule has 1 fully saturated rings. The lowest BCUT2D eigenvalue weighted by Gasteiger charge is -2.31. The maximum Gasteiger partial charge on any atom is 0.418 e. The number of fused-ring (bicyclic) bond motifs is 2. The fourth-order valence-electron chi connectivity index (χ4n) is 5.07. The maximum absolute atomic E-state index is 13.6. The third kappa shape index (κ3) is 5.84. The summed E-state index contributed by atoms with van der Waals surface area (Å²) in [5.74, 6) is -2.58. The number of urea groups is 1. The molecule has 9 nitrogen and oxygen atoms in total. The molecule has 41 heavy (non-hydrogen) atoms. The van der Waals surface area contributed by atoms with Crippen molar-refractivity contribution in [1.29, 1.82) is 0 Å². The predicted octanol–water partition coefficient (Wildman–Crippen LogP) is 4.80. The van der Waals surface area contributed by atoms with Gasteiger partial charge in [0.1, 0.15) is 18.4 Å². The van der Waals surface area contributed by atoms with Crippen molar-refractivity contribution in [1.82, 2.24) is 14.7 Å². The van der Waals surface area contributed by atoms with Crippen LogP contribution in [0.1, 0.15) is 43.9 Å². The van der Waals surface area contributed by atoms with Gasteiger partial charge >= 0.3 is 18.3 Å². The van der Waals surface area contributed by atoms with Crippen LogP contribution in [-0.4, -0.2) is 70.5 Å². The van der Waals surface area contributed by atoms with Crippen LogP contribution in [0.4, 0.5) is 32.8 Å². The van der Waals surface area contributed by atoms with E-state index in [2.05, 4.69) is 5.32 Å². The summed E-state index contributed by atoms with van der Waals surface area (Å²) in [5, 5.41) is 2.79. The molecule has 0 bridgehead atoms. The predicted molar refractivity (Wildman–Crippen MR) is 139 cm³/mol. The molecule has 2 atom stereocenters. The van der Waals surface area contributed by atoms with Gasteiger partial charge in [0.2, 0.25) is 11.5 Å². The Morgan fingerprint density at radius 1 is 1.10 bits per heavy atom. The van der Waals surface area contributed by atoms with Gasteiger partial charge in [0, 0.05) is 37.3 Å². The minimum Gasteiger partial charge on any atom is -0.427 e. The zero-order chi connectivity index (χ0) is 30.1. The molecule has 2 aliphatic rings. The highest BCUT2D eigenvalue weighted by atomic mass is 19.4. The molecule has 13 heteroatoms. The molecule has 1 N–H and O–H groups in total. The van der Waals surface area contributed by atoms with E-state index in [1.807, 2.05) is 13.8 Å². The summed E-state index contributed by atoms with van der Waals surface area (Å²) in [5.41, 5.74) is 0.0417. The SMILES string of the molecule is CCN(CC)C(=O)Nc1ccc2c(c1)CC[C@@]21OC(=O)N(CC(=O)N(Cc2ccc(F)cc2)C(C)C(F)(F)F)C1=O. The van der Waals surface area contributed by atoms with Crippen molar-refractivity contribution >= 4 is 29.6 Å². The van der Waals surface area contributed by atoms with Crippen molar-refractivity contribution < 1.29 is 41.5 Å². The van der Waals surface area contributed by atoms with Crippen molar-refractivity contribution in [3.8, 4) is 0 Å². The number of halogens is 4. The normalized spacial score (nSPS) is 18.8. The number of hydrogen-bond acceptors (Lipinski definition) is 5. The van der Waals surface area contributed by atoms with Crippen LogP contribution in [0.3, 0.4) is 0 Å². The molecule has 1 saturated heterocycles. The number of rotatable bonds is 8. The average molecular weight is 579 g/mol. The zero-order valence-electron chi connectivity index (χ0n) is 22.8. The number of anilines is 1. The van der Waals surface area contributed by atoms with Crippen LogP contribution in [0.15, 0.2) is 42.5 Å². The first-order chi connectivity index (χ1) is 19.3. The van der Waals surface area contributed by atoms with Crippen molar-refractivity contribution in [3.63, 3.8) is 0 Å². The lowest BCUT2D eigenvalue weighted by molar-refractivity contribution is -0.187. The molecule has 2 aromatic rings. The second-order valence-corrected chi connectivity index (χ2v) is 9.93. The van der Waals surface area contributed by atoms with Gasteiger partial charge in [-0.2, -0.15) is 13.2 Å². The zero-order valence-corrected chi connectivity index (χ0v) is 22.8. The minimum atomic E-state index is -4.80. The Labute approximate surface area is 234 Å². The minimum absolute atomic E-state index is 0.0727. The molecule has 4 rings (SSSR count). The molecule has 2 aromatic carbocycles. The molecule has 220 valence electrons. The number of benzene rings is 2. The van der Waals surface area contributed by atoms with Crippen molar-refractivity contribution in [3.05, 3.63) is 65.0 Å². The van der Waals surface area contributed by atoms with Crippen LogP contribution < -0.4 is 5.32 Å². The van der Waals surface area contributed by atoms with Gasteiger partial charge in [-0.3, -0.25) is 9.59 Å². The number of imide groups is 1. The number of nitrogens with one attached hydrogen (secondary N) is 1. The van der Waals surface area contributed by atoms with Crippen LogP contribution in [0.5, 0.6) is 0 Å². The van der Waals surface area contributed by atoms with E-state index in [0.29, 0.717) is 46.1 Å². The molecule has 5 amide bonds. The van der Waals surface area contributed by atoms with Gasteiger partial charge in [0.25, 0.3) is 5.91 Å². The van der Waals surface area contributed by atoms with E-state index in [1.54, 1.807) is 23.1 Å². The Morgan fingerprint density at radius 3 is 2.37 bits per heavy atom. The lowest BCUT2D eigenvalue weighted by atomic mass is 9.94. The van der Waals surface area contributed by atoms with E-state index < -0.39 is 54.6 Å². The third-order valence-electron chi connectivity index (χ3n) is 7.48. The van der Waals surface area contributed by atoms with Crippen molar-refractivity contribution in [2.24, 2.45) is 0 Å². The fourth-order valence-corrected chi connectivity index (χ4v) is 5.07. The van der Waals surface area contributed by atoms with Crippen LogP contribution in [0, 0.1) is 5.82 Å². The molecule has 1 unspecified atom stereocenters. The highest BCUT2D eigenvalue weighted by Crippen LogP contribution is 2.46. The third-order valence-corrected chi connectivity index (χ3v) is 7.48. The maximum atomic E-state index is 13.6. The number of hydrogen-bond donors (Lipinski definition) is 1. The molecule has 1 heterocycles. The van der Waals surface area contributed by atoms with E-state index in [9.17, 15) is 36.7 Å². The average Bonchev–Trinajstić information content (AvgIpc) is 3.39. The second-order valence-electron chi connectivity index (χ2n) is 9.93. The Bertz CT molecular complexity index is 1350. The van der Waals surface area contributed by atoms with Crippen LogP contribution in [0.25, 0.3) is 0 Å². The molecule has 0 radical (unpaired) electrons. The second kappa shape index (κ2) is 11.4. The topological polar surface area (TPSA) is 99.3 Å². The van der Waals surface area contributed by atoms with Gasteiger partial charge in [-0.15, -0.1) is 0 Å². The first kappa shape index (κ1) is 29.8. The summed E-state index contributed by atoms with van der Waals surface area (Å²) in [6.07, 6.45) is -5.54. The quantitative estimate of drug-likeness (QED) is 0.454. The van der Waals surface area contributed by atoms with Crippen LogP contribution >= 0.6 is 0 Å². The highest BCUT2D eigenvalue weighted by molar-refractivity contribution is 6.06. The summed E-state index contributed by atoms with van der Waals surface area (Å²) in [6, 6.07) is 6.86. The molecule has 0 saturated carbocycles. The highest BCUT2D eigenvalue weighted by Gasteiger charge is 2.58. The molecule has 1 aliphatic heterocycles. The van der Waals surface area contributed by atoms with E-state index in [4.69, 9.17) is 4.74 Å². The molecular weight excluding hydrogens is 548 g/mol. The fraction of sp³-hybridized carbons (Fsp3) is 0.429. The Hall–Kier alpha value is -4.16. The number of ether oxygens (including phenoxy) is 1. The van der Waals surface area contributed by atoms with Crippen LogP contribution in [-0.2, 0) is 32.9 Å². The summed E-state index contributed by atoms with van der Waals surface area (Å²) in [4.78, 5) is 54.5. The summed E-state index contributed by atoms with van der Waals surface area (Å²) in [6.45, 7) is 4.02. The first-order valence-corrected chi connectivity index (χ1v) is 13.2. The van der Waals surface area contributed by atoms with E-state index in [1.165, 1.54) is 12.1 Å². The summed E-state index contributed by atoms with van der Waals surface area (Å²) in [7, 11) is 0. The Kier molecular flexibility index (Phi) is 8.27. The largest absolute Gasteiger partial charge is 0.427 e. The van der Waals surface area contributed by atoms with Crippen LogP contribution in [0.2, 0.25) is 0 Å². The van der Waals surface area contributed by atoms with Crippen molar-refractivity contribution in [2.45, 2.75) is 58.0 Å². The molecule has 1 aliphatic carbocycles. The van der Waals surface area contributed by atoms with Gasteiger partial charge < -0.3 is 19.9 Å².